The quantitative estimate of drug-likeness (QED) is 0.429. The van der Waals surface area contributed by atoms with Crippen molar-refractivity contribution in [2.24, 2.45) is 0 Å². The number of halogens is 1. The first-order valence-electron chi connectivity index (χ1n) is 3.80. The number of hydrogen-bond acceptors (Lipinski definition) is 3. The Labute approximate surface area is 92.7 Å². The van der Waals surface area contributed by atoms with E-state index in [4.69, 9.17) is 0 Å². The molecule has 2 rings (SSSR count). The molecule has 1 aromatic carbocycles. The maximum absolute atomic E-state index is 10.7. The molecule has 1 aromatic heterocycles. The Hall–Kier alpha value is -1.31. The molecule has 0 saturated carbocycles. The van der Waals surface area contributed by atoms with Gasteiger partial charge in [-0.05, 0) is 12.1 Å². The molecule has 0 saturated heterocycles. The van der Waals surface area contributed by atoms with Gasteiger partial charge in [0.05, 0.1) is 11.0 Å². The number of rotatable bonds is 1. The lowest BCUT2D eigenvalue weighted by Gasteiger charge is -1.91. The molecule has 0 aliphatic rings. The second-order valence-corrected chi connectivity index (χ2v) is 3.67. The number of anilines is 1. The van der Waals surface area contributed by atoms with Crippen LogP contribution in [0.2, 0.25) is 0 Å². The average molecular weight is 303 g/mol. The van der Waals surface area contributed by atoms with Gasteiger partial charge in [0.2, 0.25) is 5.95 Å². The fourth-order valence-electron chi connectivity index (χ4n) is 1.15. The molecule has 1 heterocycles. The van der Waals surface area contributed by atoms with Gasteiger partial charge < -0.3 is 10.1 Å². The smallest absolute Gasteiger partial charge is 0.287 e. The second kappa shape index (κ2) is 3.45. The Balaban J connectivity index is 2.46. The van der Waals surface area contributed by atoms with Crippen molar-refractivity contribution in [3.05, 3.63) is 18.2 Å². The molecule has 0 aliphatic heterocycles. The first-order chi connectivity index (χ1) is 6.65. The summed E-state index contributed by atoms with van der Waals surface area (Å²) in [6, 6.07) is 4.76. The third kappa shape index (κ3) is 1.79. The lowest BCUT2D eigenvalue weighted by molar-refractivity contribution is 0.271. The molecule has 72 valence electrons. The van der Waals surface area contributed by atoms with Crippen LogP contribution < -0.4 is 5.32 Å². The van der Waals surface area contributed by atoms with Crippen LogP contribution in [0.4, 0.5) is 10.7 Å². The maximum Gasteiger partial charge on any atom is 0.287 e. The number of imidazole rings is 1. The van der Waals surface area contributed by atoms with Gasteiger partial charge in [-0.15, -0.1) is 0 Å². The number of nitrogens with one attached hydrogen (secondary N) is 2. The Morgan fingerprint density at radius 1 is 1.57 bits per heavy atom. The number of phenols is 1. The first kappa shape index (κ1) is 9.25. The molecule has 0 aliphatic carbocycles. The Bertz CT molecular complexity index is 494. The minimum absolute atomic E-state index is 0.161. The highest BCUT2D eigenvalue weighted by atomic mass is 127. The minimum atomic E-state index is -0.217. The second-order valence-electron chi connectivity index (χ2n) is 2.69. The number of amides is 1. The van der Waals surface area contributed by atoms with Crippen molar-refractivity contribution in [3.63, 3.8) is 0 Å². The fourth-order valence-corrected chi connectivity index (χ4v) is 1.41. The van der Waals surface area contributed by atoms with Gasteiger partial charge in [-0.2, -0.15) is 0 Å². The van der Waals surface area contributed by atoms with E-state index >= 15 is 0 Å². The van der Waals surface area contributed by atoms with Crippen molar-refractivity contribution >= 4 is 43.5 Å². The average Bonchev–Trinajstić information content (AvgIpc) is 2.44. The number of fused-ring (bicyclic) bond motifs is 1. The normalized spacial score (nSPS) is 10.4. The fraction of sp³-hybridized carbons (Fsp3) is 0. The zero-order valence-electron chi connectivity index (χ0n) is 6.91. The third-order valence-corrected chi connectivity index (χ3v) is 1.95. The van der Waals surface area contributed by atoms with E-state index in [1.807, 2.05) is 0 Å². The van der Waals surface area contributed by atoms with Gasteiger partial charge in [0, 0.05) is 28.7 Å². The van der Waals surface area contributed by atoms with Crippen LogP contribution in [0.3, 0.4) is 0 Å². The van der Waals surface area contributed by atoms with Crippen LogP contribution >= 0.6 is 22.6 Å². The topological polar surface area (TPSA) is 78.0 Å². The van der Waals surface area contributed by atoms with Gasteiger partial charge in [-0.1, -0.05) is 0 Å². The largest absolute Gasteiger partial charge is 0.508 e. The van der Waals surface area contributed by atoms with E-state index in [1.165, 1.54) is 0 Å². The summed E-state index contributed by atoms with van der Waals surface area (Å²) in [6.07, 6.45) is 0. The number of aromatic hydroxyl groups is 1. The highest BCUT2D eigenvalue weighted by Crippen LogP contribution is 2.19. The third-order valence-electron chi connectivity index (χ3n) is 1.68. The van der Waals surface area contributed by atoms with Gasteiger partial charge in [0.25, 0.3) is 3.91 Å². The van der Waals surface area contributed by atoms with E-state index in [0.717, 1.165) is 0 Å². The van der Waals surface area contributed by atoms with Crippen molar-refractivity contribution in [2.75, 3.05) is 5.32 Å². The van der Waals surface area contributed by atoms with Crippen molar-refractivity contribution in [1.29, 1.82) is 0 Å². The molecule has 1 amide bonds. The van der Waals surface area contributed by atoms with Crippen LogP contribution in [0.15, 0.2) is 18.2 Å². The maximum atomic E-state index is 10.7. The van der Waals surface area contributed by atoms with Crippen LogP contribution in [0.1, 0.15) is 0 Å². The summed E-state index contributed by atoms with van der Waals surface area (Å²) in [5.41, 5.74) is 1.38. The molecule has 0 atom stereocenters. The predicted molar refractivity (Wildman–Crippen MR) is 60.8 cm³/mol. The lowest BCUT2D eigenvalue weighted by Crippen LogP contribution is -2.01. The van der Waals surface area contributed by atoms with Gasteiger partial charge in [-0.25, -0.2) is 4.98 Å². The van der Waals surface area contributed by atoms with Crippen LogP contribution in [-0.2, 0) is 0 Å². The molecule has 0 unspecified atom stereocenters. The summed E-state index contributed by atoms with van der Waals surface area (Å²) in [5.74, 6) is 0.540. The lowest BCUT2D eigenvalue weighted by atomic mass is 10.3. The van der Waals surface area contributed by atoms with Crippen LogP contribution in [0.25, 0.3) is 11.0 Å². The number of nitrogens with zero attached hydrogens (tertiary/aromatic N) is 1. The molecular formula is C8H6IN3O2. The molecule has 5 nitrogen and oxygen atoms in total. The SMILES string of the molecule is O=C(I)Nc1nc2ccc(O)cc2[nH]1. The number of aromatic amines is 1. The molecule has 0 fully saturated rings. The van der Waals surface area contributed by atoms with Gasteiger partial charge >= 0.3 is 0 Å². The summed E-state index contributed by atoms with van der Waals surface area (Å²) in [5, 5.41) is 11.7. The minimum Gasteiger partial charge on any atom is -0.508 e. The zero-order chi connectivity index (χ0) is 10.1. The van der Waals surface area contributed by atoms with E-state index in [0.29, 0.717) is 17.0 Å². The number of H-pyrrole nitrogens is 1. The summed E-state index contributed by atoms with van der Waals surface area (Å²) in [4.78, 5) is 17.7. The highest BCUT2D eigenvalue weighted by molar-refractivity contribution is 14.1. The van der Waals surface area contributed by atoms with E-state index in [1.54, 1.807) is 40.8 Å². The number of carbonyl (C=O) groups excluding carboxylic acids is 1. The molecule has 6 heteroatoms. The molecule has 0 radical (unpaired) electrons. The summed E-state index contributed by atoms with van der Waals surface area (Å²) in [7, 11) is 0. The number of aromatic nitrogens is 2. The van der Waals surface area contributed by atoms with Crippen LogP contribution in [0.5, 0.6) is 5.75 Å². The standard InChI is InChI=1S/C8H6IN3O2/c9-7(14)12-8-10-5-2-1-4(13)3-6(5)11-8/h1-3,13H,(H2,10,11,12,14). The number of carbonyl (C=O) groups is 1. The molecule has 0 bridgehead atoms. The Kier molecular flexibility index (Phi) is 2.28. The van der Waals surface area contributed by atoms with Crippen LogP contribution in [-0.4, -0.2) is 19.0 Å². The van der Waals surface area contributed by atoms with E-state index in [2.05, 4.69) is 15.3 Å². The molecular weight excluding hydrogens is 297 g/mol. The Morgan fingerprint density at radius 3 is 3.07 bits per heavy atom. The van der Waals surface area contributed by atoms with Gasteiger partial charge in [0.1, 0.15) is 5.75 Å². The molecule has 2 aromatic rings. The zero-order valence-corrected chi connectivity index (χ0v) is 9.07. The van der Waals surface area contributed by atoms with Gasteiger partial charge in [-0.3, -0.25) is 10.1 Å². The van der Waals surface area contributed by atoms with E-state index in [9.17, 15) is 9.90 Å². The van der Waals surface area contributed by atoms with Crippen molar-refractivity contribution in [1.82, 2.24) is 9.97 Å². The van der Waals surface area contributed by atoms with Crippen molar-refractivity contribution in [2.45, 2.75) is 0 Å². The molecule has 0 spiro atoms. The summed E-state index contributed by atoms with van der Waals surface area (Å²) >= 11 is 1.62. The van der Waals surface area contributed by atoms with Crippen LogP contribution in [0, 0.1) is 0 Å². The van der Waals surface area contributed by atoms with E-state index in [-0.39, 0.29) is 9.66 Å². The number of hydrogen-bond donors (Lipinski definition) is 3. The predicted octanol–water partition coefficient (Wildman–Crippen LogP) is 2.24. The highest BCUT2D eigenvalue weighted by Gasteiger charge is 2.04. The monoisotopic (exact) mass is 303 g/mol. The van der Waals surface area contributed by atoms with E-state index < -0.39 is 0 Å². The number of phenolic OH excluding ortho intramolecular Hbond substituents is 1. The van der Waals surface area contributed by atoms with Gasteiger partial charge in [0.15, 0.2) is 0 Å². The van der Waals surface area contributed by atoms with Crippen molar-refractivity contribution in [3.8, 4) is 5.75 Å². The summed E-state index contributed by atoms with van der Waals surface area (Å²) in [6.45, 7) is 0. The molecule has 3 N–H and O–H groups in total. The number of benzene rings is 1. The van der Waals surface area contributed by atoms with Crippen molar-refractivity contribution < 1.29 is 9.90 Å². The summed E-state index contributed by atoms with van der Waals surface area (Å²) < 4.78 is -0.217. The Morgan fingerprint density at radius 2 is 2.36 bits per heavy atom. The first-order valence-corrected chi connectivity index (χ1v) is 4.88. The molecule has 14 heavy (non-hydrogen) atoms.